The second kappa shape index (κ2) is 5.86. The maximum atomic E-state index is 12.7. The summed E-state index contributed by atoms with van der Waals surface area (Å²) in [6.45, 7) is 4.52. The average Bonchev–Trinajstić information content (AvgIpc) is 2.38. The van der Waals surface area contributed by atoms with E-state index in [1.54, 1.807) is 8.61 Å². The highest BCUT2D eigenvalue weighted by Gasteiger charge is 2.37. The van der Waals surface area contributed by atoms with Crippen LogP contribution in [0.15, 0.2) is 0 Å². The molecule has 2 aliphatic rings. The molecule has 2 rings (SSSR count). The summed E-state index contributed by atoms with van der Waals surface area (Å²) in [6, 6.07) is 0.000910. The van der Waals surface area contributed by atoms with Crippen LogP contribution >= 0.6 is 0 Å². The molecule has 2 aliphatic heterocycles. The Bertz CT molecular complexity index is 372. The lowest BCUT2D eigenvalue weighted by Gasteiger charge is -2.39. The number of rotatable bonds is 3. The monoisotopic (exact) mass is 275 g/mol. The molecule has 0 bridgehead atoms. The molecule has 2 atom stereocenters. The fourth-order valence-electron chi connectivity index (χ4n) is 3.02. The van der Waals surface area contributed by atoms with Gasteiger partial charge in [-0.25, -0.2) is 0 Å². The average molecular weight is 275 g/mol. The van der Waals surface area contributed by atoms with Crippen LogP contribution in [0.4, 0.5) is 0 Å². The zero-order chi connectivity index (χ0) is 13.2. The van der Waals surface area contributed by atoms with Crippen LogP contribution in [0.25, 0.3) is 0 Å². The highest BCUT2D eigenvalue weighted by Crippen LogP contribution is 2.25. The number of piperidine rings is 2. The van der Waals surface area contributed by atoms with E-state index in [1.165, 1.54) is 0 Å². The molecule has 2 N–H and O–H groups in total. The van der Waals surface area contributed by atoms with Gasteiger partial charge in [0.1, 0.15) is 0 Å². The first-order valence-corrected chi connectivity index (χ1v) is 8.42. The minimum Gasteiger partial charge on any atom is -0.329 e. The molecule has 2 fully saturated rings. The van der Waals surface area contributed by atoms with E-state index in [9.17, 15) is 8.42 Å². The van der Waals surface area contributed by atoms with Crippen LogP contribution in [0.3, 0.4) is 0 Å². The van der Waals surface area contributed by atoms with Crippen molar-refractivity contribution >= 4 is 10.2 Å². The van der Waals surface area contributed by atoms with Gasteiger partial charge >= 0.3 is 0 Å². The first-order chi connectivity index (χ1) is 8.55. The summed E-state index contributed by atoms with van der Waals surface area (Å²) in [4.78, 5) is 0. The Hall–Kier alpha value is -0.170. The molecule has 0 radical (unpaired) electrons. The molecule has 2 heterocycles. The molecule has 0 amide bonds. The smallest absolute Gasteiger partial charge is 0.282 e. The second-order valence-electron chi connectivity index (χ2n) is 5.61. The molecule has 2 saturated heterocycles. The number of nitrogens with zero attached hydrogens (tertiary/aromatic N) is 2. The summed E-state index contributed by atoms with van der Waals surface area (Å²) in [5, 5.41) is 0. The standard InChI is InChI=1S/C12H25N3O2S/c1-11-5-4-7-14(10-11)18(16,17)15-8-3-2-6-12(15)9-13/h11-12H,2-10,13H2,1H3. The third-order valence-electron chi connectivity index (χ3n) is 4.09. The topological polar surface area (TPSA) is 66.6 Å². The van der Waals surface area contributed by atoms with Gasteiger partial charge in [-0.1, -0.05) is 13.3 Å². The lowest BCUT2D eigenvalue weighted by molar-refractivity contribution is 0.213. The number of hydrogen-bond donors (Lipinski definition) is 1. The Kier molecular flexibility index (Phi) is 4.64. The Labute approximate surface area is 110 Å². The highest BCUT2D eigenvalue weighted by atomic mass is 32.2. The molecule has 6 heteroatoms. The van der Waals surface area contributed by atoms with E-state index in [4.69, 9.17) is 5.73 Å². The largest absolute Gasteiger partial charge is 0.329 e. The first-order valence-electron chi connectivity index (χ1n) is 7.02. The molecule has 2 unspecified atom stereocenters. The second-order valence-corrected chi connectivity index (χ2v) is 7.49. The number of nitrogens with two attached hydrogens (primary N) is 1. The lowest BCUT2D eigenvalue weighted by atomic mass is 10.0. The summed E-state index contributed by atoms with van der Waals surface area (Å²) < 4.78 is 28.6. The van der Waals surface area contributed by atoms with Gasteiger partial charge in [0.05, 0.1) is 0 Å². The zero-order valence-electron chi connectivity index (χ0n) is 11.2. The van der Waals surface area contributed by atoms with E-state index in [0.717, 1.165) is 32.1 Å². The molecule has 18 heavy (non-hydrogen) atoms. The molecule has 0 aromatic rings. The van der Waals surface area contributed by atoms with Crippen LogP contribution in [0, 0.1) is 5.92 Å². The molecular weight excluding hydrogens is 250 g/mol. The van der Waals surface area contributed by atoms with Crippen LogP contribution in [-0.4, -0.2) is 49.2 Å². The minimum absolute atomic E-state index is 0.000910. The predicted octanol–water partition coefficient (Wildman–Crippen LogP) is 0.776. The van der Waals surface area contributed by atoms with Gasteiger partial charge in [0, 0.05) is 32.2 Å². The van der Waals surface area contributed by atoms with E-state index in [0.29, 0.717) is 32.1 Å². The summed E-state index contributed by atoms with van der Waals surface area (Å²) in [6.07, 6.45) is 5.05. The lowest BCUT2D eigenvalue weighted by Crippen LogP contribution is -2.54. The van der Waals surface area contributed by atoms with Crippen molar-refractivity contribution in [1.29, 1.82) is 0 Å². The Morgan fingerprint density at radius 2 is 1.94 bits per heavy atom. The van der Waals surface area contributed by atoms with Crippen LogP contribution in [0.2, 0.25) is 0 Å². The molecule has 106 valence electrons. The summed E-state index contributed by atoms with van der Waals surface area (Å²) in [5.41, 5.74) is 5.72. The Balaban J connectivity index is 2.13. The normalized spacial score (nSPS) is 32.6. The highest BCUT2D eigenvalue weighted by molar-refractivity contribution is 7.86. The maximum Gasteiger partial charge on any atom is 0.282 e. The Morgan fingerprint density at radius 3 is 2.61 bits per heavy atom. The van der Waals surface area contributed by atoms with Gasteiger partial charge in [-0.15, -0.1) is 0 Å². The van der Waals surface area contributed by atoms with Crippen molar-refractivity contribution in [3.05, 3.63) is 0 Å². The van der Waals surface area contributed by atoms with Gasteiger partial charge in [-0.2, -0.15) is 17.0 Å². The molecule has 0 aliphatic carbocycles. The zero-order valence-corrected chi connectivity index (χ0v) is 12.0. The minimum atomic E-state index is -3.29. The van der Waals surface area contributed by atoms with Gasteiger partial charge in [0.25, 0.3) is 10.2 Å². The molecule has 0 spiro atoms. The van der Waals surface area contributed by atoms with E-state index in [1.807, 2.05) is 0 Å². The molecular formula is C12H25N3O2S. The fourth-order valence-corrected chi connectivity index (χ4v) is 5.04. The van der Waals surface area contributed by atoms with Crippen molar-refractivity contribution in [3.8, 4) is 0 Å². The SMILES string of the molecule is CC1CCCN(S(=O)(=O)N2CCCCC2CN)C1. The summed E-state index contributed by atoms with van der Waals surface area (Å²) >= 11 is 0. The molecule has 5 nitrogen and oxygen atoms in total. The van der Waals surface area contributed by atoms with Gasteiger partial charge in [0.15, 0.2) is 0 Å². The first kappa shape index (κ1) is 14.2. The van der Waals surface area contributed by atoms with E-state index in [-0.39, 0.29) is 6.04 Å². The van der Waals surface area contributed by atoms with E-state index in [2.05, 4.69) is 6.92 Å². The van der Waals surface area contributed by atoms with Gasteiger partial charge in [-0.3, -0.25) is 0 Å². The summed E-state index contributed by atoms with van der Waals surface area (Å²) in [7, 11) is -3.29. The Morgan fingerprint density at radius 1 is 1.17 bits per heavy atom. The van der Waals surface area contributed by atoms with Crippen LogP contribution in [0.5, 0.6) is 0 Å². The summed E-state index contributed by atoms with van der Waals surface area (Å²) in [5.74, 6) is 0.467. The predicted molar refractivity (Wildman–Crippen MR) is 72.3 cm³/mol. The van der Waals surface area contributed by atoms with Crippen LogP contribution in [0.1, 0.15) is 39.0 Å². The van der Waals surface area contributed by atoms with E-state index < -0.39 is 10.2 Å². The molecule has 0 aromatic carbocycles. The quantitative estimate of drug-likeness (QED) is 0.827. The van der Waals surface area contributed by atoms with Gasteiger partial charge in [0.2, 0.25) is 0 Å². The third-order valence-corrected chi connectivity index (χ3v) is 6.15. The van der Waals surface area contributed by atoms with Crippen molar-refractivity contribution in [1.82, 2.24) is 8.61 Å². The third kappa shape index (κ3) is 2.87. The maximum absolute atomic E-state index is 12.7. The van der Waals surface area contributed by atoms with Crippen LogP contribution < -0.4 is 5.73 Å². The molecule has 0 aromatic heterocycles. The van der Waals surface area contributed by atoms with Crippen molar-refractivity contribution in [3.63, 3.8) is 0 Å². The van der Waals surface area contributed by atoms with Gasteiger partial charge in [-0.05, 0) is 31.6 Å². The molecule has 0 saturated carbocycles. The van der Waals surface area contributed by atoms with Crippen molar-refractivity contribution in [2.24, 2.45) is 11.7 Å². The number of hydrogen-bond acceptors (Lipinski definition) is 3. The van der Waals surface area contributed by atoms with Gasteiger partial charge < -0.3 is 5.73 Å². The fraction of sp³-hybridized carbons (Fsp3) is 1.00. The van der Waals surface area contributed by atoms with Crippen LogP contribution in [-0.2, 0) is 10.2 Å². The van der Waals surface area contributed by atoms with Crippen molar-refractivity contribution in [2.75, 3.05) is 26.2 Å². The van der Waals surface area contributed by atoms with Crippen molar-refractivity contribution in [2.45, 2.75) is 45.1 Å². The van der Waals surface area contributed by atoms with E-state index >= 15 is 0 Å². The van der Waals surface area contributed by atoms with Crippen molar-refractivity contribution < 1.29 is 8.42 Å².